The van der Waals surface area contributed by atoms with Gasteiger partial charge in [0.05, 0.1) is 5.52 Å². The molecule has 1 aromatic carbocycles. The second kappa shape index (κ2) is 3.53. The van der Waals surface area contributed by atoms with Crippen LogP contribution in [0.3, 0.4) is 0 Å². The average Bonchev–Trinajstić information content (AvgIpc) is 2.41. The fraction of sp³-hybridized carbons (Fsp3) is 0.154. The Bertz CT molecular complexity index is 890. The Morgan fingerprint density at radius 2 is 1.78 bits per heavy atom. The zero-order valence-corrected chi connectivity index (χ0v) is 10.0. The molecular formula is C13H11N3O2. The van der Waals surface area contributed by atoms with Gasteiger partial charge < -0.3 is 0 Å². The van der Waals surface area contributed by atoms with E-state index in [0.717, 1.165) is 15.3 Å². The average molecular weight is 241 g/mol. The minimum absolute atomic E-state index is 0.318. The molecule has 0 aliphatic carbocycles. The first kappa shape index (κ1) is 10.7. The van der Waals surface area contributed by atoms with E-state index in [1.165, 1.54) is 11.6 Å². The molecule has 0 bridgehead atoms. The lowest BCUT2D eigenvalue weighted by Gasteiger charge is -2.09. The van der Waals surface area contributed by atoms with Gasteiger partial charge in [-0.3, -0.25) is 13.9 Å². The smallest absolute Gasteiger partial charge is 0.294 e. The molecule has 18 heavy (non-hydrogen) atoms. The van der Waals surface area contributed by atoms with E-state index in [0.29, 0.717) is 11.0 Å². The lowest BCUT2D eigenvalue weighted by atomic mass is 10.1. The van der Waals surface area contributed by atoms with Crippen molar-refractivity contribution in [1.29, 1.82) is 0 Å². The number of hydrogen-bond acceptors (Lipinski definition) is 3. The molecule has 0 spiro atoms. The minimum Gasteiger partial charge on any atom is -0.294 e. The Labute approximate surface area is 102 Å². The van der Waals surface area contributed by atoms with Gasteiger partial charge in [-0.05, 0) is 0 Å². The molecule has 0 aliphatic rings. The highest BCUT2D eigenvalue weighted by Crippen LogP contribution is 2.19. The number of benzene rings is 1. The number of pyridine rings is 1. The van der Waals surface area contributed by atoms with Crippen molar-refractivity contribution < 1.29 is 0 Å². The van der Waals surface area contributed by atoms with Crippen LogP contribution >= 0.6 is 0 Å². The van der Waals surface area contributed by atoms with Crippen LogP contribution in [0.1, 0.15) is 0 Å². The molecule has 3 aromatic rings. The van der Waals surface area contributed by atoms with Crippen LogP contribution in [0.25, 0.3) is 21.8 Å². The van der Waals surface area contributed by atoms with Gasteiger partial charge in [-0.25, -0.2) is 9.78 Å². The normalized spacial score (nSPS) is 11.2. The fourth-order valence-electron chi connectivity index (χ4n) is 2.21. The Hall–Kier alpha value is -2.43. The minimum atomic E-state index is -0.362. The number of aromatic nitrogens is 3. The van der Waals surface area contributed by atoms with Crippen molar-refractivity contribution in [2.45, 2.75) is 0 Å². The van der Waals surface area contributed by atoms with E-state index in [2.05, 4.69) is 4.98 Å². The molecule has 2 aromatic heterocycles. The highest BCUT2D eigenvalue weighted by atomic mass is 16.2. The predicted octanol–water partition coefficient (Wildman–Crippen LogP) is 0.785. The van der Waals surface area contributed by atoms with Crippen LogP contribution in [0.4, 0.5) is 0 Å². The molecule has 0 aliphatic heterocycles. The summed E-state index contributed by atoms with van der Waals surface area (Å²) >= 11 is 0. The summed E-state index contributed by atoms with van der Waals surface area (Å²) in [6.45, 7) is 0. The molecule has 0 unspecified atom stereocenters. The van der Waals surface area contributed by atoms with Crippen molar-refractivity contribution in [3.8, 4) is 0 Å². The molecule has 0 N–H and O–H groups in total. The molecule has 0 saturated heterocycles. The second-order valence-corrected chi connectivity index (χ2v) is 4.25. The van der Waals surface area contributed by atoms with Gasteiger partial charge in [-0.15, -0.1) is 0 Å². The van der Waals surface area contributed by atoms with E-state index in [4.69, 9.17) is 0 Å². The molecule has 0 fully saturated rings. The molecule has 2 heterocycles. The largest absolute Gasteiger partial charge is 0.331 e. The molecule has 5 nitrogen and oxygen atoms in total. The van der Waals surface area contributed by atoms with Gasteiger partial charge in [-0.2, -0.15) is 0 Å². The van der Waals surface area contributed by atoms with Crippen LogP contribution in [0, 0.1) is 0 Å². The summed E-state index contributed by atoms with van der Waals surface area (Å²) in [5.74, 6) is 0. The molecule has 3 rings (SSSR count). The number of nitrogens with zero attached hydrogens (tertiary/aromatic N) is 3. The highest BCUT2D eigenvalue weighted by Gasteiger charge is 2.11. The van der Waals surface area contributed by atoms with Crippen LogP contribution in [0.5, 0.6) is 0 Å². The SMILES string of the molecule is Cn1c(=O)c2ncc3ccccc3c2n(C)c1=O. The monoisotopic (exact) mass is 241 g/mol. The van der Waals surface area contributed by atoms with Gasteiger partial charge in [0.25, 0.3) is 5.56 Å². The molecular weight excluding hydrogens is 230 g/mol. The molecule has 90 valence electrons. The summed E-state index contributed by atoms with van der Waals surface area (Å²) in [5, 5.41) is 1.77. The molecule has 0 amide bonds. The van der Waals surface area contributed by atoms with Crippen LogP contribution in [0.2, 0.25) is 0 Å². The number of hydrogen-bond donors (Lipinski definition) is 0. The standard InChI is InChI=1S/C13H11N3O2/c1-15-11-9-6-4-3-5-8(9)7-14-10(11)12(17)16(2)13(15)18/h3-7H,1-2H3. The number of rotatable bonds is 0. The quantitative estimate of drug-likeness (QED) is 0.547. The van der Waals surface area contributed by atoms with Gasteiger partial charge in [0.2, 0.25) is 0 Å². The van der Waals surface area contributed by atoms with Crippen LogP contribution in [0.15, 0.2) is 40.1 Å². The van der Waals surface area contributed by atoms with Crippen molar-refractivity contribution in [3.63, 3.8) is 0 Å². The van der Waals surface area contributed by atoms with E-state index in [9.17, 15) is 9.59 Å². The molecule has 0 radical (unpaired) electrons. The molecule has 0 atom stereocenters. The topological polar surface area (TPSA) is 56.9 Å². The van der Waals surface area contributed by atoms with Gasteiger partial charge in [0, 0.05) is 31.1 Å². The van der Waals surface area contributed by atoms with Crippen LogP contribution < -0.4 is 11.2 Å². The molecule has 0 saturated carbocycles. The first-order valence-corrected chi connectivity index (χ1v) is 5.54. The lowest BCUT2D eigenvalue weighted by molar-refractivity contribution is 0.712. The van der Waals surface area contributed by atoms with E-state index in [-0.39, 0.29) is 11.2 Å². The molecule has 5 heteroatoms. The first-order valence-electron chi connectivity index (χ1n) is 5.54. The summed E-state index contributed by atoms with van der Waals surface area (Å²) in [6.07, 6.45) is 1.66. The van der Waals surface area contributed by atoms with Crippen molar-refractivity contribution in [2.24, 2.45) is 14.1 Å². The highest BCUT2D eigenvalue weighted by molar-refractivity contribution is 6.02. The first-order chi connectivity index (χ1) is 8.61. The van der Waals surface area contributed by atoms with Crippen molar-refractivity contribution in [3.05, 3.63) is 51.3 Å². The third kappa shape index (κ3) is 1.24. The van der Waals surface area contributed by atoms with E-state index < -0.39 is 0 Å². The van der Waals surface area contributed by atoms with E-state index >= 15 is 0 Å². The van der Waals surface area contributed by atoms with Gasteiger partial charge in [0.15, 0.2) is 5.52 Å². The van der Waals surface area contributed by atoms with Gasteiger partial charge >= 0.3 is 5.69 Å². The zero-order chi connectivity index (χ0) is 12.9. The summed E-state index contributed by atoms with van der Waals surface area (Å²) in [4.78, 5) is 28.2. The van der Waals surface area contributed by atoms with Gasteiger partial charge in [0.1, 0.15) is 0 Å². The summed E-state index contributed by atoms with van der Waals surface area (Å²) in [7, 11) is 3.11. The Balaban J connectivity index is 2.76. The van der Waals surface area contributed by atoms with Crippen LogP contribution in [-0.4, -0.2) is 14.1 Å². The van der Waals surface area contributed by atoms with E-state index in [1.54, 1.807) is 13.2 Å². The second-order valence-electron chi connectivity index (χ2n) is 4.25. The van der Waals surface area contributed by atoms with Crippen molar-refractivity contribution in [2.75, 3.05) is 0 Å². The number of fused-ring (bicyclic) bond motifs is 3. The van der Waals surface area contributed by atoms with Crippen molar-refractivity contribution in [1.82, 2.24) is 14.1 Å². The Morgan fingerprint density at radius 3 is 2.56 bits per heavy atom. The predicted molar refractivity (Wildman–Crippen MR) is 69.7 cm³/mol. The third-order valence-corrected chi connectivity index (χ3v) is 3.19. The maximum atomic E-state index is 12.0. The summed E-state index contributed by atoms with van der Waals surface area (Å²) in [6, 6.07) is 7.57. The Kier molecular flexibility index (Phi) is 2.10. The summed E-state index contributed by atoms with van der Waals surface area (Å²) in [5.41, 5.74) is 0.198. The Morgan fingerprint density at radius 1 is 1.06 bits per heavy atom. The maximum Gasteiger partial charge on any atom is 0.331 e. The number of aryl methyl sites for hydroxylation is 1. The fourth-order valence-corrected chi connectivity index (χ4v) is 2.21. The van der Waals surface area contributed by atoms with Crippen LogP contribution in [-0.2, 0) is 14.1 Å². The maximum absolute atomic E-state index is 12.0. The van der Waals surface area contributed by atoms with Gasteiger partial charge in [-0.1, -0.05) is 24.3 Å². The van der Waals surface area contributed by atoms with E-state index in [1.807, 2.05) is 24.3 Å². The third-order valence-electron chi connectivity index (χ3n) is 3.19. The summed E-state index contributed by atoms with van der Waals surface area (Å²) < 4.78 is 2.54. The lowest BCUT2D eigenvalue weighted by Crippen LogP contribution is -2.37. The zero-order valence-electron chi connectivity index (χ0n) is 10.0. The van der Waals surface area contributed by atoms with Crippen molar-refractivity contribution >= 4 is 21.8 Å².